The first-order valence-electron chi connectivity index (χ1n) is 8.78. The summed E-state index contributed by atoms with van der Waals surface area (Å²) in [6, 6.07) is 33.6. The fourth-order valence-electron chi connectivity index (χ4n) is 3.00. The molecular weight excluding hydrogens is 314 g/mol. The highest BCUT2D eigenvalue weighted by molar-refractivity contribution is 5.71. The lowest BCUT2D eigenvalue weighted by Gasteiger charge is -2.04. The van der Waals surface area contributed by atoms with Crippen LogP contribution in [0.5, 0.6) is 0 Å². The summed E-state index contributed by atoms with van der Waals surface area (Å²) >= 11 is 0. The van der Waals surface area contributed by atoms with Gasteiger partial charge in [0.05, 0.1) is 0 Å². The van der Waals surface area contributed by atoms with E-state index in [-0.39, 0.29) is 0 Å². The Balaban J connectivity index is 1.79. The van der Waals surface area contributed by atoms with E-state index in [4.69, 9.17) is 0 Å². The summed E-state index contributed by atoms with van der Waals surface area (Å²) in [4.78, 5) is 0. The fourth-order valence-corrected chi connectivity index (χ4v) is 3.00. The van der Waals surface area contributed by atoms with Crippen LogP contribution >= 0.6 is 0 Å². The summed E-state index contributed by atoms with van der Waals surface area (Å²) in [5.74, 6) is 0. The molecule has 1 heteroatoms. The molecule has 0 aliphatic heterocycles. The van der Waals surface area contributed by atoms with Crippen LogP contribution in [-0.2, 0) is 0 Å². The maximum absolute atomic E-state index is 2.25. The Morgan fingerprint density at radius 2 is 0.962 bits per heavy atom. The molecule has 0 aliphatic carbocycles. The zero-order valence-corrected chi connectivity index (χ0v) is 14.5. The molecule has 0 saturated heterocycles. The molecule has 0 N–H and O–H groups in total. The van der Waals surface area contributed by atoms with Gasteiger partial charge in [-0.05, 0) is 22.8 Å². The monoisotopic (exact) mass is 334 g/mol. The van der Waals surface area contributed by atoms with Gasteiger partial charge in [-0.3, -0.25) is 0 Å². The molecule has 0 amide bonds. The third kappa shape index (κ3) is 3.79. The Bertz CT molecular complexity index is 946. The predicted octanol–water partition coefficient (Wildman–Crippen LogP) is 5.94. The van der Waals surface area contributed by atoms with Crippen LogP contribution in [0.2, 0.25) is 0 Å². The van der Waals surface area contributed by atoms with E-state index >= 15 is 0 Å². The molecule has 1 aromatic heterocycles. The van der Waals surface area contributed by atoms with Gasteiger partial charge in [-0.25, -0.2) is 0 Å². The Labute approximate surface area is 154 Å². The molecular formula is C25H20N+. The van der Waals surface area contributed by atoms with Crippen LogP contribution in [0.1, 0.15) is 5.56 Å². The van der Waals surface area contributed by atoms with Crippen LogP contribution in [0, 0.1) is 0 Å². The van der Waals surface area contributed by atoms with Crippen molar-refractivity contribution in [1.82, 2.24) is 0 Å². The van der Waals surface area contributed by atoms with Crippen molar-refractivity contribution in [2.45, 2.75) is 0 Å². The second-order valence-electron chi connectivity index (χ2n) is 6.22. The van der Waals surface area contributed by atoms with E-state index in [0.29, 0.717) is 0 Å². The highest BCUT2D eigenvalue weighted by atomic mass is 14.9. The summed E-state index contributed by atoms with van der Waals surface area (Å²) < 4.78 is 2.14. The first kappa shape index (κ1) is 16.0. The van der Waals surface area contributed by atoms with E-state index < -0.39 is 0 Å². The van der Waals surface area contributed by atoms with Gasteiger partial charge in [-0.15, -0.1) is 0 Å². The summed E-state index contributed by atoms with van der Waals surface area (Å²) in [5, 5.41) is 0. The summed E-state index contributed by atoms with van der Waals surface area (Å²) in [5.41, 5.74) is 6.01. The van der Waals surface area contributed by atoms with E-state index in [9.17, 15) is 0 Å². The maximum Gasteiger partial charge on any atom is 0.182 e. The summed E-state index contributed by atoms with van der Waals surface area (Å²) in [6.45, 7) is 0. The molecule has 1 heterocycles. The van der Waals surface area contributed by atoms with Crippen molar-refractivity contribution in [3.05, 3.63) is 115 Å². The molecule has 124 valence electrons. The lowest BCUT2D eigenvalue weighted by molar-refractivity contribution is -0.566. The molecule has 0 unspecified atom stereocenters. The van der Waals surface area contributed by atoms with Gasteiger partial charge < -0.3 is 0 Å². The van der Waals surface area contributed by atoms with Gasteiger partial charge in [-0.1, -0.05) is 91.0 Å². The smallest absolute Gasteiger partial charge is 0.173 e. The van der Waals surface area contributed by atoms with Crippen LogP contribution < -0.4 is 4.57 Å². The van der Waals surface area contributed by atoms with Crippen molar-refractivity contribution in [3.8, 4) is 22.3 Å². The van der Waals surface area contributed by atoms with E-state index in [0.717, 1.165) is 0 Å². The quantitative estimate of drug-likeness (QED) is 0.407. The highest BCUT2D eigenvalue weighted by Crippen LogP contribution is 2.24. The normalized spacial score (nSPS) is 10.9. The Morgan fingerprint density at radius 3 is 1.46 bits per heavy atom. The lowest BCUT2D eigenvalue weighted by atomic mass is 10.0. The molecule has 4 aromatic rings. The number of nitrogens with zero attached hydrogens (tertiary/aromatic N) is 1. The second-order valence-corrected chi connectivity index (χ2v) is 6.22. The van der Waals surface area contributed by atoms with Crippen molar-refractivity contribution in [1.29, 1.82) is 0 Å². The van der Waals surface area contributed by atoms with Crippen molar-refractivity contribution in [2.24, 2.45) is 0 Å². The molecule has 0 atom stereocenters. The summed E-state index contributed by atoms with van der Waals surface area (Å²) in [7, 11) is 0. The molecule has 4 rings (SSSR count). The van der Waals surface area contributed by atoms with Gasteiger partial charge in [0.1, 0.15) is 0 Å². The first-order chi connectivity index (χ1) is 12.9. The minimum Gasteiger partial charge on any atom is -0.173 e. The Kier molecular flexibility index (Phi) is 4.70. The van der Waals surface area contributed by atoms with Gasteiger partial charge in [0.25, 0.3) is 0 Å². The topological polar surface area (TPSA) is 3.88 Å². The van der Waals surface area contributed by atoms with Crippen molar-refractivity contribution in [2.75, 3.05) is 0 Å². The first-order valence-corrected chi connectivity index (χ1v) is 8.78. The standard InChI is InChI=1S/C25H20N/c1-4-10-21(11-5-1)16-17-26-19-24(22-12-6-2-7-13-22)18-25(20-26)23-14-8-3-9-15-23/h1-20H/q+1/b17-16-. The number of benzene rings is 3. The van der Waals surface area contributed by atoms with Crippen LogP contribution in [0.3, 0.4) is 0 Å². The van der Waals surface area contributed by atoms with Gasteiger partial charge in [0.15, 0.2) is 18.6 Å². The van der Waals surface area contributed by atoms with Gasteiger partial charge in [0.2, 0.25) is 0 Å². The average Bonchev–Trinajstić information content (AvgIpc) is 2.74. The molecule has 0 spiro atoms. The SMILES string of the molecule is C(=C/[n+]1cc(-c2ccccc2)cc(-c2ccccc2)c1)/c1ccccc1. The third-order valence-electron chi connectivity index (χ3n) is 4.34. The molecule has 0 aliphatic rings. The molecule has 26 heavy (non-hydrogen) atoms. The van der Waals surface area contributed by atoms with Crippen molar-refractivity contribution >= 4 is 12.3 Å². The van der Waals surface area contributed by atoms with E-state index in [1.807, 2.05) is 18.2 Å². The average molecular weight is 334 g/mol. The van der Waals surface area contributed by atoms with Crippen molar-refractivity contribution in [3.63, 3.8) is 0 Å². The van der Waals surface area contributed by atoms with Crippen LogP contribution in [0.25, 0.3) is 34.5 Å². The number of aromatic nitrogens is 1. The van der Waals surface area contributed by atoms with Crippen LogP contribution in [0.15, 0.2) is 109 Å². The minimum absolute atomic E-state index is 1.19. The number of hydrogen-bond donors (Lipinski definition) is 0. The number of rotatable bonds is 4. The zero-order valence-electron chi connectivity index (χ0n) is 14.5. The second kappa shape index (κ2) is 7.62. The van der Waals surface area contributed by atoms with Crippen LogP contribution in [-0.4, -0.2) is 0 Å². The predicted molar refractivity (Wildman–Crippen MR) is 109 cm³/mol. The molecule has 0 fully saturated rings. The molecule has 0 radical (unpaired) electrons. The van der Waals surface area contributed by atoms with Gasteiger partial charge >= 0.3 is 0 Å². The van der Waals surface area contributed by atoms with E-state index in [2.05, 4.69) is 108 Å². The number of hydrogen-bond acceptors (Lipinski definition) is 0. The highest BCUT2D eigenvalue weighted by Gasteiger charge is 2.09. The lowest BCUT2D eigenvalue weighted by Crippen LogP contribution is -2.25. The minimum atomic E-state index is 1.19. The van der Waals surface area contributed by atoms with Gasteiger partial charge in [-0.2, -0.15) is 4.57 Å². The zero-order chi connectivity index (χ0) is 17.6. The largest absolute Gasteiger partial charge is 0.182 e. The molecule has 1 nitrogen and oxygen atoms in total. The molecule has 3 aromatic carbocycles. The summed E-state index contributed by atoms with van der Waals surface area (Å²) in [6.07, 6.45) is 8.57. The van der Waals surface area contributed by atoms with E-state index in [1.54, 1.807) is 0 Å². The van der Waals surface area contributed by atoms with Gasteiger partial charge in [0, 0.05) is 17.2 Å². The van der Waals surface area contributed by atoms with E-state index in [1.165, 1.54) is 27.8 Å². The van der Waals surface area contributed by atoms with Crippen LogP contribution in [0.4, 0.5) is 0 Å². The molecule has 0 bridgehead atoms. The third-order valence-corrected chi connectivity index (χ3v) is 4.34. The number of pyridine rings is 1. The fraction of sp³-hybridized carbons (Fsp3) is 0. The Morgan fingerprint density at radius 1 is 0.500 bits per heavy atom. The Hall–Kier alpha value is -3.45. The van der Waals surface area contributed by atoms with Crippen molar-refractivity contribution < 1.29 is 4.57 Å². The molecule has 0 saturated carbocycles. The maximum atomic E-state index is 2.25.